The molecule has 1 aromatic rings. The largest absolute Gasteiger partial charge is 0.264 e. The molecule has 0 saturated heterocycles. The Bertz CT molecular complexity index is 300. The lowest BCUT2D eigenvalue weighted by molar-refractivity contribution is -0.121. The number of aromatic nitrogens is 1. The van der Waals surface area contributed by atoms with Crippen molar-refractivity contribution in [1.29, 1.82) is 0 Å². The van der Waals surface area contributed by atoms with E-state index in [-0.39, 0.29) is 18.3 Å². The highest BCUT2D eigenvalue weighted by molar-refractivity contribution is 5.26. The van der Waals surface area contributed by atoms with Crippen molar-refractivity contribution in [2.75, 3.05) is 0 Å². The number of rotatable bonds is 1. The molecule has 13 heavy (non-hydrogen) atoms. The van der Waals surface area contributed by atoms with Gasteiger partial charge in [0.05, 0.1) is 0 Å². The van der Waals surface area contributed by atoms with E-state index in [4.69, 9.17) is 0 Å². The second kappa shape index (κ2) is 2.50. The van der Waals surface area contributed by atoms with Gasteiger partial charge in [0.1, 0.15) is 0 Å². The summed E-state index contributed by atoms with van der Waals surface area (Å²) in [5.74, 6) is -2.47. The van der Waals surface area contributed by atoms with Gasteiger partial charge in [0.15, 0.2) is 0 Å². The third kappa shape index (κ3) is 1.43. The van der Waals surface area contributed by atoms with Crippen LogP contribution in [0.25, 0.3) is 0 Å². The van der Waals surface area contributed by atoms with Crippen LogP contribution in [0.2, 0.25) is 0 Å². The average Bonchev–Trinajstić information content (AvgIpc) is 2.02. The van der Waals surface area contributed by atoms with Gasteiger partial charge >= 0.3 is 0 Å². The van der Waals surface area contributed by atoms with Crippen molar-refractivity contribution < 1.29 is 8.78 Å². The molecular formula is C10H11F2N. The predicted octanol–water partition coefficient (Wildman–Crippen LogP) is 2.77. The molecule has 1 aliphatic carbocycles. The minimum Gasteiger partial charge on any atom is -0.264 e. The van der Waals surface area contributed by atoms with Gasteiger partial charge in [-0.1, -0.05) is 13.0 Å². The Labute approximate surface area is 75.8 Å². The first-order chi connectivity index (χ1) is 6.02. The summed E-state index contributed by atoms with van der Waals surface area (Å²) in [5.41, 5.74) is 0.554. The summed E-state index contributed by atoms with van der Waals surface area (Å²) in [6.45, 7) is 1.86. The second-order valence-corrected chi connectivity index (χ2v) is 4.01. The molecule has 2 rings (SSSR count). The maximum atomic E-state index is 12.7. The van der Waals surface area contributed by atoms with Gasteiger partial charge in [0, 0.05) is 30.7 Å². The van der Waals surface area contributed by atoms with Crippen molar-refractivity contribution >= 4 is 0 Å². The fourth-order valence-electron chi connectivity index (χ4n) is 2.01. The molecule has 0 aliphatic heterocycles. The summed E-state index contributed by atoms with van der Waals surface area (Å²) >= 11 is 0. The molecule has 0 atom stereocenters. The van der Waals surface area contributed by atoms with E-state index in [0.29, 0.717) is 0 Å². The quantitative estimate of drug-likeness (QED) is 0.652. The van der Waals surface area contributed by atoms with Crippen LogP contribution < -0.4 is 0 Å². The molecule has 0 unspecified atom stereocenters. The van der Waals surface area contributed by atoms with E-state index >= 15 is 0 Å². The lowest BCUT2D eigenvalue weighted by Crippen LogP contribution is -2.47. The SMILES string of the molecule is CC1(c2cccnc2)CC(F)(F)C1. The lowest BCUT2D eigenvalue weighted by Gasteiger charge is -2.45. The Morgan fingerprint density at radius 2 is 2.08 bits per heavy atom. The summed E-state index contributed by atoms with van der Waals surface area (Å²) in [7, 11) is 0. The molecule has 1 aliphatic rings. The van der Waals surface area contributed by atoms with Crippen LogP contribution in [0, 0.1) is 0 Å². The van der Waals surface area contributed by atoms with Crippen molar-refractivity contribution in [1.82, 2.24) is 4.98 Å². The smallest absolute Gasteiger partial charge is 0.249 e. The van der Waals surface area contributed by atoms with Gasteiger partial charge < -0.3 is 0 Å². The first kappa shape index (κ1) is 8.60. The maximum Gasteiger partial charge on any atom is 0.249 e. The molecular weight excluding hydrogens is 172 g/mol. The molecule has 1 aromatic heterocycles. The van der Waals surface area contributed by atoms with E-state index in [2.05, 4.69) is 4.98 Å². The molecule has 0 radical (unpaired) electrons. The molecule has 3 heteroatoms. The fraction of sp³-hybridized carbons (Fsp3) is 0.500. The van der Waals surface area contributed by atoms with Crippen LogP contribution in [0.5, 0.6) is 0 Å². The summed E-state index contributed by atoms with van der Waals surface area (Å²) in [4.78, 5) is 3.94. The van der Waals surface area contributed by atoms with Gasteiger partial charge in [0.2, 0.25) is 5.92 Å². The summed E-state index contributed by atoms with van der Waals surface area (Å²) in [6.07, 6.45) is 3.23. The van der Waals surface area contributed by atoms with Gasteiger partial charge in [-0.15, -0.1) is 0 Å². The molecule has 0 N–H and O–H groups in total. The molecule has 1 saturated carbocycles. The third-order valence-electron chi connectivity index (χ3n) is 2.66. The highest BCUT2D eigenvalue weighted by atomic mass is 19.3. The van der Waals surface area contributed by atoms with Crippen LogP contribution in [0.4, 0.5) is 8.78 Å². The van der Waals surface area contributed by atoms with E-state index < -0.39 is 5.92 Å². The first-order valence-corrected chi connectivity index (χ1v) is 4.30. The van der Waals surface area contributed by atoms with Crippen LogP contribution in [0.15, 0.2) is 24.5 Å². The van der Waals surface area contributed by atoms with Gasteiger partial charge in [-0.2, -0.15) is 0 Å². The molecule has 1 heterocycles. The van der Waals surface area contributed by atoms with Gasteiger partial charge in [-0.25, -0.2) is 8.78 Å². The van der Waals surface area contributed by atoms with Crippen molar-refractivity contribution in [3.8, 4) is 0 Å². The van der Waals surface area contributed by atoms with E-state index in [1.54, 1.807) is 18.5 Å². The van der Waals surface area contributed by atoms with Crippen LogP contribution in [-0.4, -0.2) is 10.9 Å². The number of pyridine rings is 1. The first-order valence-electron chi connectivity index (χ1n) is 4.30. The Hall–Kier alpha value is -0.990. The van der Waals surface area contributed by atoms with E-state index in [9.17, 15) is 8.78 Å². The Kier molecular flexibility index (Phi) is 1.65. The number of hydrogen-bond donors (Lipinski definition) is 0. The fourth-order valence-corrected chi connectivity index (χ4v) is 2.01. The van der Waals surface area contributed by atoms with E-state index in [1.807, 2.05) is 13.0 Å². The Balaban J connectivity index is 2.21. The highest BCUT2D eigenvalue weighted by Crippen LogP contribution is 2.52. The summed E-state index contributed by atoms with van der Waals surface area (Å²) in [6, 6.07) is 3.65. The molecule has 1 nitrogen and oxygen atoms in total. The zero-order valence-electron chi connectivity index (χ0n) is 7.43. The number of alkyl halides is 2. The van der Waals surface area contributed by atoms with Crippen LogP contribution >= 0.6 is 0 Å². The Morgan fingerprint density at radius 1 is 1.38 bits per heavy atom. The zero-order chi connectivity index (χ0) is 9.53. The molecule has 1 fully saturated rings. The number of halogens is 2. The average molecular weight is 183 g/mol. The normalized spacial score (nSPS) is 23.6. The van der Waals surface area contributed by atoms with Gasteiger partial charge in [-0.05, 0) is 11.6 Å². The molecule has 70 valence electrons. The minimum atomic E-state index is -2.47. The molecule has 0 bridgehead atoms. The van der Waals surface area contributed by atoms with Gasteiger partial charge in [-0.3, -0.25) is 4.98 Å². The highest BCUT2D eigenvalue weighted by Gasteiger charge is 2.54. The van der Waals surface area contributed by atoms with Crippen LogP contribution in [0.1, 0.15) is 25.3 Å². The molecule has 0 amide bonds. The molecule has 0 aromatic carbocycles. The number of hydrogen-bond acceptors (Lipinski definition) is 1. The topological polar surface area (TPSA) is 12.9 Å². The second-order valence-electron chi connectivity index (χ2n) is 4.01. The van der Waals surface area contributed by atoms with Crippen molar-refractivity contribution in [3.63, 3.8) is 0 Å². The maximum absolute atomic E-state index is 12.7. The Morgan fingerprint density at radius 3 is 2.54 bits per heavy atom. The van der Waals surface area contributed by atoms with Crippen LogP contribution in [-0.2, 0) is 5.41 Å². The lowest BCUT2D eigenvalue weighted by atomic mass is 9.64. The minimum absolute atomic E-state index is 0.0499. The van der Waals surface area contributed by atoms with E-state index in [0.717, 1.165) is 5.56 Å². The summed E-state index contributed by atoms with van der Waals surface area (Å²) in [5, 5.41) is 0. The predicted molar refractivity (Wildman–Crippen MR) is 45.8 cm³/mol. The number of nitrogens with zero attached hydrogens (tertiary/aromatic N) is 1. The van der Waals surface area contributed by atoms with Crippen molar-refractivity contribution in [2.24, 2.45) is 0 Å². The standard InChI is InChI=1S/C10H11F2N/c1-9(6-10(11,12)7-9)8-3-2-4-13-5-8/h2-5H,6-7H2,1H3. The third-order valence-corrected chi connectivity index (χ3v) is 2.66. The zero-order valence-corrected chi connectivity index (χ0v) is 7.43. The molecule has 0 spiro atoms. The monoisotopic (exact) mass is 183 g/mol. The van der Waals surface area contributed by atoms with Crippen LogP contribution in [0.3, 0.4) is 0 Å². The van der Waals surface area contributed by atoms with Crippen molar-refractivity contribution in [2.45, 2.75) is 31.1 Å². The van der Waals surface area contributed by atoms with Gasteiger partial charge in [0.25, 0.3) is 0 Å². The summed E-state index contributed by atoms with van der Waals surface area (Å²) < 4.78 is 25.4. The van der Waals surface area contributed by atoms with E-state index in [1.165, 1.54) is 0 Å². The van der Waals surface area contributed by atoms with Crippen molar-refractivity contribution in [3.05, 3.63) is 30.1 Å².